The Morgan fingerprint density at radius 1 is 1.12 bits per heavy atom. The number of imidazole rings is 1. The molecule has 0 radical (unpaired) electrons. The van der Waals surface area contributed by atoms with Crippen LogP contribution in [0, 0.1) is 0 Å². The van der Waals surface area contributed by atoms with Gasteiger partial charge in [0.05, 0.1) is 17.4 Å². The summed E-state index contributed by atoms with van der Waals surface area (Å²) in [6, 6.07) is 13.0. The highest BCUT2D eigenvalue weighted by atomic mass is 16.5. The van der Waals surface area contributed by atoms with Gasteiger partial charge >= 0.3 is 6.03 Å². The molecule has 2 amide bonds. The number of hydrogen-bond acceptors (Lipinski definition) is 3. The summed E-state index contributed by atoms with van der Waals surface area (Å²) in [5.41, 5.74) is 3.66. The van der Waals surface area contributed by atoms with Gasteiger partial charge in [-0.2, -0.15) is 0 Å². The second-order valence-corrected chi connectivity index (χ2v) is 6.22. The molecule has 0 aliphatic carbocycles. The van der Waals surface area contributed by atoms with Crippen LogP contribution >= 0.6 is 0 Å². The molecule has 0 saturated heterocycles. The van der Waals surface area contributed by atoms with Gasteiger partial charge in [-0.1, -0.05) is 26.0 Å². The summed E-state index contributed by atoms with van der Waals surface area (Å²) in [5, 5.41) is 5.54. The molecule has 0 fully saturated rings. The van der Waals surface area contributed by atoms with Gasteiger partial charge in [0.25, 0.3) is 0 Å². The van der Waals surface area contributed by atoms with Gasteiger partial charge in [0, 0.05) is 5.69 Å². The lowest BCUT2D eigenvalue weighted by atomic mass is 10.0. The lowest BCUT2D eigenvalue weighted by molar-refractivity contribution is 0.183. The standard InChI is InChI=1S/C19H22N4O2/c1-12(2)14-4-7-16(8-5-14)25-13(3)22-19(24)23-15-6-9-17-18(10-15)21-11-20-17/h4-13H,1-3H3,(H,20,21)(H2,22,23,24). The van der Waals surface area contributed by atoms with Crippen LogP contribution in [0.3, 0.4) is 0 Å². The Balaban J connectivity index is 1.54. The number of urea groups is 1. The van der Waals surface area contributed by atoms with E-state index in [0.717, 1.165) is 16.8 Å². The molecule has 1 atom stereocenters. The quantitative estimate of drug-likeness (QED) is 0.609. The first-order chi connectivity index (χ1) is 12.0. The van der Waals surface area contributed by atoms with Crippen LogP contribution in [0.1, 0.15) is 32.3 Å². The molecule has 25 heavy (non-hydrogen) atoms. The number of rotatable bonds is 5. The Kier molecular flexibility index (Phi) is 4.88. The van der Waals surface area contributed by atoms with Crippen molar-refractivity contribution in [1.29, 1.82) is 0 Å². The first kappa shape index (κ1) is 16.8. The van der Waals surface area contributed by atoms with E-state index in [1.54, 1.807) is 19.3 Å². The summed E-state index contributed by atoms with van der Waals surface area (Å²) in [4.78, 5) is 19.3. The van der Waals surface area contributed by atoms with Crippen molar-refractivity contribution < 1.29 is 9.53 Å². The van der Waals surface area contributed by atoms with E-state index in [9.17, 15) is 4.79 Å². The second kappa shape index (κ2) is 7.25. The number of aromatic amines is 1. The SMILES string of the molecule is CC(NC(=O)Nc1ccc2nc[nH]c2c1)Oc1ccc(C(C)C)cc1. The van der Waals surface area contributed by atoms with E-state index >= 15 is 0 Å². The predicted octanol–water partition coefficient (Wildman–Crippen LogP) is 4.23. The minimum atomic E-state index is -0.458. The molecule has 6 nitrogen and oxygen atoms in total. The monoisotopic (exact) mass is 338 g/mol. The predicted molar refractivity (Wildman–Crippen MR) is 98.9 cm³/mol. The van der Waals surface area contributed by atoms with Crippen LogP contribution in [-0.2, 0) is 0 Å². The highest BCUT2D eigenvalue weighted by Crippen LogP contribution is 2.19. The maximum atomic E-state index is 12.1. The number of ether oxygens (including phenoxy) is 1. The number of carbonyl (C=O) groups excluding carboxylic acids is 1. The molecule has 0 spiro atoms. The number of nitrogens with zero attached hydrogens (tertiary/aromatic N) is 1. The van der Waals surface area contributed by atoms with Crippen molar-refractivity contribution in [3.63, 3.8) is 0 Å². The molecule has 0 bridgehead atoms. The maximum absolute atomic E-state index is 12.1. The number of benzene rings is 2. The fourth-order valence-corrected chi connectivity index (χ4v) is 2.53. The number of hydrogen-bond donors (Lipinski definition) is 3. The molecule has 6 heteroatoms. The van der Waals surface area contributed by atoms with Crippen LogP contribution in [0.5, 0.6) is 5.75 Å². The van der Waals surface area contributed by atoms with E-state index in [-0.39, 0.29) is 6.03 Å². The summed E-state index contributed by atoms with van der Waals surface area (Å²) in [6.07, 6.45) is 1.16. The smallest absolute Gasteiger partial charge is 0.322 e. The van der Waals surface area contributed by atoms with Crippen LogP contribution in [0.25, 0.3) is 11.0 Å². The summed E-state index contributed by atoms with van der Waals surface area (Å²) < 4.78 is 5.73. The number of nitrogens with one attached hydrogen (secondary N) is 3. The zero-order valence-electron chi connectivity index (χ0n) is 14.5. The largest absolute Gasteiger partial charge is 0.471 e. The summed E-state index contributed by atoms with van der Waals surface area (Å²) >= 11 is 0. The lowest BCUT2D eigenvalue weighted by Gasteiger charge is -2.17. The first-order valence-electron chi connectivity index (χ1n) is 8.28. The summed E-state index contributed by atoms with van der Waals surface area (Å²) in [6.45, 7) is 6.07. The zero-order valence-corrected chi connectivity index (χ0v) is 14.5. The average molecular weight is 338 g/mol. The third-order valence-corrected chi connectivity index (χ3v) is 3.87. The molecule has 1 unspecified atom stereocenters. The minimum absolute atomic E-state index is 0.329. The highest BCUT2D eigenvalue weighted by molar-refractivity contribution is 5.91. The first-order valence-corrected chi connectivity index (χ1v) is 8.28. The molecule has 130 valence electrons. The molecule has 3 aromatic rings. The third kappa shape index (κ3) is 4.29. The summed E-state index contributed by atoms with van der Waals surface area (Å²) in [7, 11) is 0. The van der Waals surface area contributed by atoms with Crippen LogP contribution in [0.15, 0.2) is 48.8 Å². The Labute approximate surface area is 146 Å². The lowest BCUT2D eigenvalue weighted by Crippen LogP contribution is -2.39. The number of carbonyl (C=O) groups is 1. The van der Waals surface area contributed by atoms with Gasteiger partial charge in [-0.3, -0.25) is 0 Å². The van der Waals surface area contributed by atoms with E-state index in [1.807, 2.05) is 36.4 Å². The van der Waals surface area contributed by atoms with Crippen molar-refractivity contribution in [2.45, 2.75) is 32.9 Å². The number of amides is 2. The molecule has 3 N–H and O–H groups in total. The van der Waals surface area contributed by atoms with Crippen molar-refractivity contribution >= 4 is 22.8 Å². The van der Waals surface area contributed by atoms with Gasteiger partial charge in [0.15, 0.2) is 6.23 Å². The van der Waals surface area contributed by atoms with Crippen molar-refractivity contribution in [1.82, 2.24) is 15.3 Å². The van der Waals surface area contributed by atoms with Crippen LogP contribution < -0.4 is 15.4 Å². The van der Waals surface area contributed by atoms with Gasteiger partial charge in [-0.15, -0.1) is 0 Å². The minimum Gasteiger partial charge on any atom is -0.471 e. The summed E-state index contributed by atoms with van der Waals surface area (Å²) in [5.74, 6) is 1.19. The normalized spacial score (nSPS) is 12.2. The van der Waals surface area contributed by atoms with Crippen molar-refractivity contribution in [3.8, 4) is 5.75 Å². The fourth-order valence-electron chi connectivity index (χ4n) is 2.53. The van der Waals surface area contributed by atoms with E-state index in [0.29, 0.717) is 11.6 Å². The van der Waals surface area contributed by atoms with Gasteiger partial charge in [0.2, 0.25) is 0 Å². The molecule has 2 aromatic carbocycles. The van der Waals surface area contributed by atoms with E-state index in [4.69, 9.17) is 4.74 Å². The van der Waals surface area contributed by atoms with Crippen LogP contribution in [0.2, 0.25) is 0 Å². The van der Waals surface area contributed by atoms with Gasteiger partial charge in [-0.05, 0) is 48.7 Å². The zero-order chi connectivity index (χ0) is 17.8. The van der Waals surface area contributed by atoms with Crippen molar-refractivity contribution in [2.75, 3.05) is 5.32 Å². The molecule has 0 aliphatic rings. The van der Waals surface area contributed by atoms with E-state index < -0.39 is 6.23 Å². The molecule has 3 rings (SSSR count). The number of aromatic nitrogens is 2. The van der Waals surface area contributed by atoms with Gasteiger partial charge in [-0.25, -0.2) is 9.78 Å². The Bertz CT molecular complexity index is 855. The number of anilines is 1. The molecule has 1 aromatic heterocycles. The topological polar surface area (TPSA) is 79.0 Å². The van der Waals surface area contributed by atoms with Gasteiger partial charge in [0.1, 0.15) is 5.75 Å². The molecular weight excluding hydrogens is 316 g/mol. The number of fused-ring (bicyclic) bond motifs is 1. The molecular formula is C19H22N4O2. The fraction of sp³-hybridized carbons (Fsp3) is 0.263. The maximum Gasteiger partial charge on any atom is 0.322 e. The number of H-pyrrole nitrogens is 1. The van der Waals surface area contributed by atoms with Crippen LogP contribution in [-0.4, -0.2) is 22.2 Å². The van der Waals surface area contributed by atoms with Crippen LogP contribution in [0.4, 0.5) is 10.5 Å². The van der Waals surface area contributed by atoms with Gasteiger partial charge < -0.3 is 20.4 Å². The third-order valence-electron chi connectivity index (χ3n) is 3.87. The van der Waals surface area contributed by atoms with E-state index in [1.165, 1.54) is 5.56 Å². The van der Waals surface area contributed by atoms with Crippen molar-refractivity contribution in [2.24, 2.45) is 0 Å². The second-order valence-electron chi connectivity index (χ2n) is 6.22. The Morgan fingerprint density at radius 2 is 1.88 bits per heavy atom. The molecule has 0 saturated carbocycles. The Morgan fingerprint density at radius 3 is 2.60 bits per heavy atom. The van der Waals surface area contributed by atoms with E-state index in [2.05, 4.69) is 34.4 Å². The highest BCUT2D eigenvalue weighted by Gasteiger charge is 2.10. The van der Waals surface area contributed by atoms with Crippen molar-refractivity contribution in [3.05, 3.63) is 54.4 Å². The average Bonchev–Trinajstić information content (AvgIpc) is 3.02. The molecule has 1 heterocycles. The Hall–Kier alpha value is -3.02. The molecule has 0 aliphatic heterocycles.